The number of ketones is 1. The van der Waals surface area contributed by atoms with Crippen molar-refractivity contribution in [1.82, 2.24) is 5.32 Å². The average molecular weight is 267 g/mol. The molecule has 0 radical (unpaired) electrons. The molecule has 2 N–H and O–H groups in total. The Morgan fingerprint density at radius 3 is 2.90 bits per heavy atom. The molecule has 3 heteroatoms. The summed E-state index contributed by atoms with van der Waals surface area (Å²) in [4.78, 5) is 12.5. The molecular formula is C17H17NO2. The fourth-order valence-corrected chi connectivity index (χ4v) is 2.74. The Hall–Kier alpha value is -2.13. The van der Waals surface area contributed by atoms with Crippen molar-refractivity contribution in [1.29, 1.82) is 0 Å². The van der Waals surface area contributed by atoms with Crippen LogP contribution in [0.1, 0.15) is 27.0 Å². The maximum absolute atomic E-state index is 12.5. The summed E-state index contributed by atoms with van der Waals surface area (Å²) in [6.07, 6.45) is 1.23. The maximum Gasteiger partial charge on any atom is 0.167 e. The van der Waals surface area contributed by atoms with Crippen LogP contribution < -0.4 is 5.32 Å². The van der Waals surface area contributed by atoms with Gasteiger partial charge in [0.1, 0.15) is 5.75 Å². The van der Waals surface area contributed by atoms with Crippen LogP contribution in [-0.4, -0.2) is 17.4 Å². The maximum atomic E-state index is 12.5. The van der Waals surface area contributed by atoms with Gasteiger partial charge in [-0.25, -0.2) is 0 Å². The van der Waals surface area contributed by atoms with Gasteiger partial charge in [0.05, 0.1) is 0 Å². The van der Waals surface area contributed by atoms with Gasteiger partial charge in [0.25, 0.3) is 0 Å². The second-order valence-electron chi connectivity index (χ2n) is 5.14. The van der Waals surface area contributed by atoms with Crippen molar-refractivity contribution in [2.24, 2.45) is 0 Å². The van der Waals surface area contributed by atoms with E-state index in [1.807, 2.05) is 18.2 Å². The van der Waals surface area contributed by atoms with Crippen LogP contribution in [0.5, 0.6) is 5.75 Å². The van der Waals surface area contributed by atoms with Crippen molar-refractivity contribution >= 4 is 5.78 Å². The summed E-state index contributed by atoms with van der Waals surface area (Å²) < 4.78 is 0. The molecule has 2 aromatic rings. The molecule has 0 unspecified atom stereocenters. The van der Waals surface area contributed by atoms with E-state index in [1.165, 1.54) is 11.1 Å². The van der Waals surface area contributed by atoms with Gasteiger partial charge in [0, 0.05) is 18.5 Å². The highest BCUT2D eigenvalue weighted by Crippen LogP contribution is 2.21. The van der Waals surface area contributed by atoms with Crippen molar-refractivity contribution in [3.8, 4) is 5.75 Å². The highest BCUT2D eigenvalue weighted by atomic mass is 16.3. The van der Waals surface area contributed by atoms with E-state index >= 15 is 0 Å². The number of carbonyl (C=O) groups is 1. The van der Waals surface area contributed by atoms with Gasteiger partial charge in [-0.15, -0.1) is 0 Å². The van der Waals surface area contributed by atoms with Crippen LogP contribution in [0.3, 0.4) is 0 Å². The third-order valence-corrected chi connectivity index (χ3v) is 3.72. The average Bonchev–Trinajstić information content (AvgIpc) is 2.46. The number of nitrogens with one attached hydrogen (secondary N) is 1. The largest absolute Gasteiger partial charge is 0.508 e. The summed E-state index contributed by atoms with van der Waals surface area (Å²) >= 11 is 0. The summed E-state index contributed by atoms with van der Waals surface area (Å²) in [5.41, 5.74) is 4.07. The van der Waals surface area contributed by atoms with Crippen molar-refractivity contribution in [3.63, 3.8) is 0 Å². The van der Waals surface area contributed by atoms with Gasteiger partial charge >= 0.3 is 0 Å². The van der Waals surface area contributed by atoms with Crippen LogP contribution in [0.4, 0.5) is 0 Å². The van der Waals surface area contributed by atoms with Crippen LogP contribution in [0.2, 0.25) is 0 Å². The van der Waals surface area contributed by atoms with Gasteiger partial charge in [0.2, 0.25) is 0 Å². The van der Waals surface area contributed by atoms with E-state index in [1.54, 1.807) is 18.2 Å². The first-order valence-corrected chi connectivity index (χ1v) is 6.86. The number of aromatic hydroxyl groups is 1. The fraction of sp³-hybridized carbons (Fsp3) is 0.235. The molecule has 102 valence electrons. The molecule has 0 saturated carbocycles. The number of rotatable bonds is 3. The Bertz CT molecular complexity index is 649. The standard InChI is InChI=1S/C17H17NO2/c19-14-5-1-3-12(9-14)10-17(20)16-6-2-4-13-11-18-8-7-15(13)16/h1-6,9,18-19H,7-8,10-11H2. The molecule has 0 bridgehead atoms. The number of phenolic OH excluding ortho intramolecular Hbond substituents is 1. The third-order valence-electron chi connectivity index (χ3n) is 3.72. The van der Waals surface area contributed by atoms with Crippen LogP contribution >= 0.6 is 0 Å². The smallest absolute Gasteiger partial charge is 0.167 e. The van der Waals surface area contributed by atoms with E-state index in [4.69, 9.17) is 0 Å². The van der Waals surface area contributed by atoms with Crippen molar-refractivity contribution in [3.05, 3.63) is 64.7 Å². The topological polar surface area (TPSA) is 49.3 Å². The summed E-state index contributed by atoms with van der Waals surface area (Å²) in [5, 5.41) is 12.8. The van der Waals surface area contributed by atoms with Gasteiger partial charge in [-0.1, -0.05) is 30.3 Å². The normalized spacial score (nSPS) is 13.8. The van der Waals surface area contributed by atoms with E-state index < -0.39 is 0 Å². The zero-order valence-electron chi connectivity index (χ0n) is 11.2. The Balaban J connectivity index is 1.88. The minimum atomic E-state index is 0.120. The summed E-state index contributed by atoms with van der Waals surface area (Å²) in [6, 6.07) is 12.8. The number of carbonyl (C=O) groups excluding carboxylic acids is 1. The highest BCUT2D eigenvalue weighted by molar-refractivity contribution is 5.99. The predicted molar refractivity (Wildman–Crippen MR) is 78.0 cm³/mol. The second kappa shape index (κ2) is 5.47. The lowest BCUT2D eigenvalue weighted by Gasteiger charge is -2.19. The second-order valence-corrected chi connectivity index (χ2v) is 5.14. The van der Waals surface area contributed by atoms with E-state index in [0.717, 1.165) is 30.6 Å². The first-order chi connectivity index (χ1) is 9.74. The number of hydrogen-bond acceptors (Lipinski definition) is 3. The van der Waals surface area contributed by atoms with Crippen LogP contribution in [0, 0.1) is 0 Å². The molecule has 0 fully saturated rings. The number of hydrogen-bond donors (Lipinski definition) is 2. The minimum Gasteiger partial charge on any atom is -0.508 e. The molecule has 3 nitrogen and oxygen atoms in total. The first kappa shape index (κ1) is 12.9. The Labute approximate surface area is 118 Å². The zero-order valence-corrected chi connectivity index (χ0v) is 11.2. The van der Waals surface area contributed by atoms with Gasteiger partial charge in [0.15, 0.2) is 5.78 Å². The Kier molecular flexibility index (Phi) is 3.52. The highest BCUT2D eigenvalue weighted by Gasteiger charge is 2.17. The van der Waals surface area contributed by atoms with Crippen molar-refractivity contribution in [2.45, 2.75) is 19.4 Å². The minimum absolute atomic E-state index is 0.120. The molecule has 0 amide bonds. The van der Waals surface area contributed by atoms with Gasteiger partial charge in [-0.05, 0) is 41.8 Å². The Morgan fingerprint density at radius 2 is 2.05 bits per heavy atom. The molecule has 1 heterocycles. The van der Waals surface area contributed by atoms with E-state index in [2.05, 4.69) is 11.4 Å². The molecule has 2 aromatic carbocycles. The Morgan fingerprint density at radius 1 is 1.20 bits per heavy atom. The lowest BCUT2D eigenvalue weighted by molar-refractivity contribution is 0.0992. The molecule has 0 aromatic heterocycles. The molecule has 1 aliphatic heterocycles. The molecule has 1 aliphatic rings. The fourth-order valence-electron chi connectivity index (χ4n) is 2.74. The third kappa shape index (κ3) is 2.58. The molecule has 0 aliphatic carbocycles. The molecule has 0 atom stereocenters. The molecule has 0 saturated heterocycles. The first-order valence-electron chi connectivity index (χ1n) is 6.86. The van der Waals surface area contributed by atoms with Gasteiger partial charge in [-0.3, -0.25) is 4.79 Å². The quantitative estimate of drug-likeness (QED) is 0.840. The molecular weight excluding hydrogens is 250 g/mol. The molecule has 3 rings (SSSR count). The SMILES string of the molecule is O=C(Cc1cccc(O)c1)c1cccc2c1CCNC2. The summed E-state index contributed by atoms with van der Waals surface area (Å²) in [7, 11) is 0. The van der Waals surface area contributed by atoms with Crippen LogP contribution in [0.15, 0.2) is 42.5 Å². The predicted octanol–water partition coefficient (Wildman–Crippen LogP) is 2.46. The lowest BCUT2D eigenvalue weighted by Crippen LogP contribution is -2.25. The monoisotopic (exact) mass is 267 g/mol. The van der Waals surface area contributed by atoms with Gasteiger partial charge < -0.3 is 10.4 Å². The van der Waals surface area contributed by atoms with E-state index in [9.17, 15) is 9.90 Å². The number of fused-ring (bicyclic) bond motifs is 1. The van der Waals surface area contributed by atoms with Crippen LogP contribution in [0.25, 0.3) is 0 Å². The van der Waals surface area contributed by atoms with Crippen molar-refractivity contribution < 1.29 is 9.90 Å². The van der Waals surface area contributed by atoms with Gasteiger partial charge in [-0.2, -0.15) is 0 Å². The zero-order chi connectivity index (χ0) is 13.9. The van der Waals surface area contributed by atoms with E-state index in [-0.39, 0.29) is 11.5 Å². The van der Waals surface area contributed by atoms with Crippen molar-refractivity contribution in [2.75, 3.05) is 6.54 Å². The number of Topliss-reactive ketones (excluding diaryl/α,β-unsaturated/α-hetero) is 1. The molecule has 0 spiro atoms. The lowest BCUT2D eigenvalue weighted by atomic mass is 9.91. The number of phenols is 1. The molecule has 20 heavy (non-hydrogen) atoms. The van der Waals surface area contributed by atoms with Crippen LogP contribution in [-0.2, 0) is 19.4 Å². The number of benzene rings is 2. The summed E-state index contributed by atoms with van der Waals surface area (Å²) in [6.45, 7) is 1.76. The summed E-state index contributed by atoms with van der Waals surface area (Å²) in [5.74, 6) is 0.323. The van der Waals surface area contributed by atoms with E-state index in [0.29, 0.717) is 6.42 Å².